The number of carbonyl (C=O) groups excluding carboxylic acids is 1. The number of ether oxygens (including phenoxy) is 1. The van der Waals surface area contributed by atoms with Crippen LogP contribution in [0, 0.1) is 5.92 Å². The Labute approximate surface area is 162 Å². The minimum absolute atomic E-state index is 0.0231. The number of nitrogens with one attached hydrogen (secondary N) is 3. The zero-order chi connectivity index (χ0) is 18.8. The highest BCUT2D eigenvalue weighted by Gasteiger charge is 2.40. The van der Waals surface area contributed by atoms with E-state index >= 15 is 0 Å². The number of amides is 1. The van der Waals surface area contributed by atoms with Crippen LogP contribution in [-0.2, 0) is 4.79 Å². The lowest BCUT2D eigenvalue weighted by Crippen LogP contribution is -2.46. The molecule has 4 atom stereocenters. The smallest absolute Gasteiger partial charge is 0.240 e. The summed E-state index contributed by atoms with van der Waals surface area (Å²) in [5.41, 5.74) is 6.99. The van der Waals surface area contributed by atoms with Crippen LogP contribution < -0.4 is 20.9 Å². The third kappa shape index (κ3) is 3.75. The van der Waals surface area contributed by atoms with Crippen molar-refractivity contribution in [2.45, 2.75) is 50.6 Å². The molecule has 6 nitrogen and oxygen atoms in total. The minimum atomic E-state index is -0.340. The van der Waals surface area contributed by atoms with Crippen LogP contribution in [0.4, 0.5) is 0 Å². The third-order valence-electron chi connectivity index (χ3n) is 4.68. The number of hydrogen-bond donors (Lipinski definition) is 3. The second-order valence-corrected chi connectivity index (χ2v) is 8.02. The molecule has 2 heterocycles. The van der Waals surface area contributed by atoms with Crippen molar-refractivity contribution in [1.82, 2.24) is 16.2 Å². The van der Waals surface area contributed by atoms with E-state index in [2.05, 4.69) is 45.9 Å². The Morgan fingerprint density at radius 1 is 1.35 bits per heavy atom. The molecular formula is C19H26BrN3O3. The van der Waals surface area contributed by atoms with Crippen LogP contribution in [0.15, 0.2) is 28.7 Å². The van der Waals surface area contributed by atoms with Gasteiger partial charge in [-0.3, -0.25) is 10.2 Å². The zero-order valence-corrected chi connectivity index (χ0v) is 17.1. The van der Waals surface area contributed by atoms with Gasteiger partial charge in [-0.15, -0.1) is 0 Å². The van der Waals surface area contributed by atoms with Gasteiger partial charge in [-0.25, -0.2) is 5.43 Å². The van der Waals surface area contributed by atoms with Crippen molar-refractivity contribution in [1.29, 1.82) is 0 Å². The van der Waals surface area contributed by atoms with Gasteiger partial charge in [-0.1, -0.05) is 41.9 Å². The SMILES string of the molecule is CCOc1cccc2cc(C(C)NC(=O)C3NNC(C(C)C)C3Br)oc12. The fourth-order valence-electron chi connectivity index (χ4n) is 3.21. The second-order valence-electron chi connectivity index (χ2n) is 6.97. The zero-order valence-electron chi connectivity index (χ0n) is 15.5. The van der Waals surface area contributed by atoms with E-state index in [1.165, 1.54) is 0 Å². The van der Waals surface area contributed by atoms with Crippen molar-refractivity contribution in [2.75, 3.05) is 6.61 Å². The third-order valence-corrected chi connectivity index (χ3v) is 5.78. The van der Waals surface area contributed by atoms with Crippen molar-refractivity contribution < 1.29 is 13.9 Å². The molecule has 0 spiro atoms. The molecule has 2 aromatic rings. The molecule has 1 aliphatic rings. The standard InChI is InChI=1S/C19H26BrN3O3/c1-5-25-13-8-6-7-12-9-14(26-18(12)13)11(4)21-19(24)17-15(20)16(10(2)3)22-23-17/h6-11,15-17,22-23H,5H2,1-4H3,(H,21,24). The Bertz CT molecular complexity index is 776. The van der Waals surface area contributed by atoms with E-state index in [1.54, 1.807) is 0 Å². The number of hydrazine groups is 1. The van der Waals surface area contributed by atoms with E-state index in [0.717, 1.165) is 11.1 Å². The molecular weight excluding hydrogens is 398 g/mol. The Morgan fingerprint density at radius 3 is 2.77 bits per heavy atom. The molecule has 3 rings (SSSR count). The van der Waals surface area contributed by atoms with E-state index in [-0.39, 0.29) is 28.9 Å². The molecule has 4 unspecified atom stereocenters. The monoisotopic (exact) mass is 423 g/mol. The molecule has 26 heavy (non-hydrogen) atoms. The average Bonchev–Trinajstić information content (AvgIpc) is 3.19. The van der Waals surface area contributed by atoms with Gasteiger partial charge in [0.1, 0.15) is 11.8 Å². The van der Waals surface area contributed by atoms with Gasteiger partial charge in [-0.2, -0.15) is 0 Å². The van der Waals surface area contributed by atoms with Crippen LogP contribution in [-0.4, -0.2) is 29.4 Å². The number of alkyl halides is 1. The summed E-state index contributed by atoms with van der Waals surface area (Å²) in [6, 6.07) is 7.36. The Hall–Kier alpha value is -1.57. The quantitative estimate of drug-likeness (QED) is 0.621. The van der Waals surface area contributed by atoms with Crippen molar-refractivity contribution in [2.24, 2.45) is 5.92 Å². The first-order valence-corrected chi connectivity index (χ1v) is 9.94. The van der Waals surface area contributed by atoms with Gasteiger partial charge in [-0.05, 0) is 31.9 Å². The molecule has 1 aromatic carbocycles. The first kappa shape index (κ1) is 19.2. The normalized spacial score (nSPS) is 24.2. The van der Waals surface area contributed by atoms with Gasteiger partial charge in [0.15, 0.2) is 11.3 Å². The van der Waals surface area contributed by atoms with Gasteiger partial charge in [0.25, 0.3) is 0 Å². The molecule has 1 aromatic heterocycles. The number of furan rings is 1. The summed E-state index contributed by atoms with van der Waals surface area (Å²) in [5.74, 6) is 1.77. The largest absolute Gasteiger partial charge is 0.490 e. The van der Waals surface area contributed by atoms with Crippen LogP contribution in [0.5, 0.6) is 5.75 Å². The summed E-state index contributed by atoms with van der Waals surface area (Å²) >= 11 is 3.65. The maximum Gasteiger partial charge on any atom is 0.240 e. The number of para-hydroxylation sites is 1. The Morgan fingerprint density at radius 2 is 2.12 bits per heavy atom. The summed E-state index contributed by atoms with van der Waals surface area (Å²) in [4.78, 5) is 12.7. The molecule has 1 fully saturated rings. The lowest BCUT2D eigenvalue weighted by atomic mass is 9.99. The lowest BCUT2D eigenvalue weighted by molar-refractivity contribution is -0.123. The fraction of sp³-hybridized carbons (Fsp3) is 0.526. The minimum Gasteiger partial charge on any atom is -0.490 e. The van der Waals surface area contributed by atoms with Crippen molar-refractivity contribution >= 4 is 32.8 Å². The van der Waals surface area contributed by atoms with Crippen LogP contribution in [0.3, 0.4) is 0 Å². The molecule has 1 saturated heterocycles. The van der Waals surface area contributed by atoms with Crippen molar-refractivity contribution in [3.8, 4) is 5.75 Å². The predicted molar refractivity (Wildman–Crippen MR) is 105 cm³/mol. The van der Waals surface area contributed by atoms with Gasteiger partial charge in [0.05, 0.1) is 17.5 Å². The average molecular weight is 424 g/mol. The van der Waals surface area contributed by atoms with Crippen molar-refractivity contribution in [3.05, 3.63) is 30.0 Å². The Kier molecular flexibility index (Phi) is 5.89. The maximum absolute atomic E-state index is 12.7. The van der Waals surface area contributed by atoms with E-state index in [0.29, 0.717) is 23.9 Å². The van der Waals surface area contributed by atoms with Gasteiger partial charge in [0.2, 0.25) is 5.91 Å². The number of halogens is 1. The highest BCUT2D eigenvalue weighted by atomic mass is 79.9. The first-order chi connectivity index (χ1) is 12.4. The number of rotatable bonds is 6. The summed E-state index contributed by atoms with van der Waals surface area (Å²) in [5, 5.41) is 4.00. The molecule has 0 aliphatic carbocycles. The summed E-state index contributed by atoms with van der Waals surface area (Å²) in [7, 11) is 0. The molecule has 142 valence electrons. The molecule has 1 aliphatic heterocycles. The van der Waals surface area contributed by atoms with E-state index in [4.69, 9.17) is 9.15 Å². The fourth-order valence-corrected chi connectivity index (χ4v) is 4.33. The molecule has 0 bridgehead atoms. The van der Waals surface area contributed by atoms with Crippen LogP contribution >= 0.6 is 15.9 Å². The van der Waals surface area contributed by atoms with Gasteiger partial charge < -0.3 is 14.5 Å². The number of benzene rings is 1. The van der Waals surface area contributed by atoms with E-state index in [9.17, 15) is 4.79 Å². The topological polar surface area (TPSA) is 75.5 Å². The first-order valence-electron chi connectivity index (χ1n) is 9.03. The molecule has 3 N–H and O–H groups in total. The van der Waals surface area contributed by atoms with E-state index < -0.39 is 0 Å². The number of carbonyl (C=O) groups is 1. The Balaban J connectivity index is 1.72. The van der Waals surface area contributed by atoms with Crippen molar-refractivity contribution in [3.63, 3.8) is 0 Å². The van der Waals surface area contributed by atoms with Gasteiger partial charge >= 0.3 is 0 Å². The number of fused-ring (bicyclic) bond motifs is 1. The lowest BCUT2D eigenvalue weighted by Gasteiger charge is -2.20. The molecule has 1 amide bonds. The van der Waals surface area contributed by atoms with Crippen LogP contribution in [0.1, 0.15) is 39.5 Å². The highest BCUT2D eigenvalue weighted by Crippen LogP contribution is 2.31. The summed E-state index contributed by atoms with van der Waals surface area (Å²) in [6.45, 7) is 8.68. The molecule has 7 heteroatoms. The number of hydrogen-bond acceptors (Lipinski definition) is 5. The van der Waals surface area contributed by atoms with Crippen LogP contribution in [0.2, 0.25) is 0 Å². The molecule has 0 saturated carbocycles. The van der Waals surface area contributed by atoms with Crippen LogP contribution in [0.25, 0.3) is 11.0 Å². The predicted octanol–water partition coefficient (Wildman–Crippen LogP) is 3.27. The van der Waals surface area contributed by atoms with Gasteiger partial charge in [0, 0.05) is 11.4 Å². The maximum atomic E-state index is 12.7. The highest BCUT2D eigenvalue weighted by molar-refractivity contribution is 9.09. The van der Waals surface area contributed by atoms with E-state index in [1.807, 2.05) is 38.1 Å². The molecule has 0 radical (unpaired) electrons. The second kappa shape index (κ2) is 7.98. The summed E-state index contributed by atoms with van der Waals surface area (Å²) < 4.78 is 11.6. The summed E-state index contributed by atoms with van der Waals surface area (Å²) in [6.07, 6.45) is 0.